The van der Waals surface area contributed by atoms with Crippen LogP contribution in [-0.4, -0.2) is 39.1 Å². The van der Waals surface area contributed by atoms with E-state index in [0.29, 0.717) is 29.2 Å². The third-order valence-electron chi connectivity index (χ3n) is 4.28. The van der Waals surface area contributed by atoms with Crippen LogP contribution in [0.3, 0.4) is 0 Å². The molecule has 0 bridgehead atoms. The summed E-state index contributed by atoms with van der Waals surface area (Å²) in [7, 11) is 1.27. The second-order valence-electron chi connectivity index (χ2n) is 6.33. The molecular formula is C20H20F2N4O3. The molecule has 2 heterocycles. The quantitative estimate of drug-likeness (QED) is 0.588. The van der Waals surface area contributed by atoms with Gasteiger partial charge in [-0.15, -0.1) is 0 Å². The van der Waals surface area contributed by atoms with E-state index in [1.807, 2.05) is 6.92 Å². The summed E-state index contributed by atoms with van der Waals surface area (Å²) in [5.41, 5.74) is 1.69. The zero-order chi connectivity index (χ0) is 21.0. The SMILES string of the molecule is CC[C@H](O)Cn1nc(Nc2ccc(F)c(F)c2)cc1-c1ccnc(C(=O)OC)c1. The lowest BCUT2D eigenvalue weighted by molar-refractivity contribution is 0.0594. The van der Waals surface area contributed by atoms with E-state index in [0.717, 1.165) is 12.1 Å². The van der Waals surface area contributed by atoms with E-state index < -0.39 is 23.7 Å². The Bertz CT molecular complexity index is 1020. The molecule has 1 aromatic carbocycles. The van der Waals surface area contributed by atoms with Crippen LogP contribution in [0.2, 0.25) is 0 Å². The molecule has 7 nitrogen and oxygen atoms in total. The molecule has 1 atom stereocenters. The van der Waals surface area contributed by atoms with Crippen LogP contribution >= 0.6 is 0 Å². The fourth-order valence-corrected chi connectivity index (χ4v) is 2.71. The van der Waals surface area contributed by atoms with Gasteiger partial charge in [-0.2, -0.15) is 5.10 Å². The van der Waals surface area contributed by atoms with Gasteiger partial charge in [-0.05, 0) is 30.7 Å². The van der Waals surface area contributed by atoms with E-state index in [1.165, 1.54) is 19.4 Å². The number of ether oxygens (including phenoxy) is 1. The number of nitrogens with zero attached hydrogens (tertiary/aromatic N) is 3. The number of hydrogen-bond acceptors (Lipinski definition) is 6. The van der Waals surface area contributed by atoms with Crippen LogP contribution in [0.15, 0.2) is 42.6 Å². The summed E-state index contributed by atoms with van der Waals surface area (Å²) < 4.78 is 32.9. The number of carbonyl (C=O) groups is 1. The molecule has 0 aliphatic rings. The van der Waals surface area contributed by atoms with Crippen LogP contribution in [-0.2, 0) is 11.3 Å². The zero-order valence-electron chi connectivity index (χ0n) is 15.9. The first-order valence-corrected chi connectivity index (χ1v) is 8.94. The van der Waals surface area contributed by atoms with Crippen molar-refractivity contribution in [2.45, 2.75) is 26.0 Å². The number of methoxy groups -OCH3 is 1. The van der Waals surface area contributed by atoms with Gasteiger partial charge in [-0.1, -0.05) is 6.92 Å². The summed E-state index contributed by atoms with van der Waals surface area (Å²) in [4.78, 5) is 15.8. The number of pyridine rings is 1. The van der Waals surface area contributed by atoms with Gasteiger partial charge in [0.2, 0.25) is 0 Å². The second kappa shape index (κ2) is 8.78. The van der Waals surface area contributed by atoms with Gasteiger partial charge in [-0.25, -0.2) is 18.6 Å². The molecule has 9 heteroatoms. The van der Waals surface area contributed by atoms with Gasteiger partial charge in [0.25, 0.3) is 0 Å². The van der Waals surface area contributed by atoms with Gasteiger partial charge in [0, 0.05) is 29.6 Å². The van der Waals surface area contributed by atoms with Crippen molar-refractivity contribution >= 4 is 17.5 Å². The number of aliphatic hydroxyl groups excluding tert-OH is 1. The molecule has 0 fully saturated rings. The molecule has 2 N–H and O–H groups in total. The Morgan fingerprint density at radius 3 is 2.72 bits per heavy atom. The van der Waals surface area contributed by atoms with Crippen LogP contribution in [0, 0.1) is 11.6 Å². The molecule has 0 saturated carbocycles. The van der Waals surface area contributed by atoms with Crippen molar-refractivity contribution in [3.05, 3.63) is 59.9 Å². The molecule has 0 aliphatic heterocycles. The maximum atomic E-state index is 13.5. The number of nitrogens with one attached hydrogen (secondary N) is 1. The Labute approximate surface area is 166 Å². The maximum absolute atomic E-state index is 13.5. The Morgan fingerprint density at radius 1 is 1.24 bits per heavy atom. The molecule has 2 aromatic heterocycles. The number of aromatic nitrogens is 3. The van der Waals surface area contributed by atoms with Crippen molar-refractivity contribution in [3.8, 4) is 11.3 Å². The second-order valence-corrected chi connectivity index (χ2v) is 6.33. The number of halogens is 2. The summed E-state index contributed by atoms with van der Waals surface area (Å²) in [5.74, 6) is -2.13. The van der Waals surface area contributed by atoms with E-state index in [-0.39, 0.29) is 12.2 Å². The van der Waals surface area contributed by atoms with Gasteiger partial charge in [0.1, 0.15) is 5.69 Å². The molecule has 0 aliphatic carbocycles. The maximum Gasteiger partial charge on any atom is 0.356 e. The Balaban J connectivity index is 1.98. The highest BCUT2D eigenvalue weighted by atomic mass is 19.2. The average Bonchev–Trinajstić information content (AvgIpc) is 3.12. The van der Waals surface area contributed by atoms with Crippen molar-refractivity contribution in [3.63, 3.8) is 0 Å². The first-order valence-electron chi connectivity index (χ1n) is 8.94. The average molecular weight is 402 g/mol. The number of anilines is 2. The molecule has 152 valence electrons. The van der Waals surface area contributed by atoms with E-state index >= 15 is 0 Å². The summed E-state index contributed by atoms with van der Waals surface area (Å²) in [5, 5.41) is 17.4. The van der Waals surface area contributed by atoms with Crippen LogP contribution in [0.4, 0.5) is 20.3 Å². The van der Waals surface area contributed by atoms with Crippen LogP contribution in [0.25, 0.3) is 11.3 Å². The lowest BCUT2D eigenvalue weighted by Crippen LogP contribution is -2.16. The number of benzene rings is 1. The van der Waals surface area contributed by atoms with E-state index in [2.05, 4.69) is 15.4 Å². The molecule has 0 saturated heterocycles. The van der Waals surface area contributed by atoms with Gasteiger partial charge < -0.3 is 15.2 Å². The fourth-order valence-electron chi connectivity index (χ4n) is 2.71. The summed E-state index contributed by atoms with van der Waals surface area (Å²) in [6, 6.07) is 8.36. The Hall–Kier alpha value is -3.33. The van der Waals surface area contributed by atoms with Crippen molar-refractivity contribution in [1.82, 2.24) is 14.8 Å². The van der Waals surface area contributed by atoms with Gasteiger partial charge in [0.15, 0.2) is 17.5 Å². The van der Waals surface area contributed by atoms with E-state index in [1.54, 1.807) is 22.9 Å². The summed E-state index contributed by atoms with van der Waals surface area (Å²) in [6.07, 6.45) is 1.36. The molecule has 3 rings (SSSR count). The first kappa shape index (κ1) is 20.4. The topological polar surface area (TPSA) is 89.3 Å². The van der Waals surface area contributed by atoms with Crippen LogP contribution < -0.4 is 5.32 Å². The van der Waals surface area contributed by atoms with Gasteiger partial charge in [-0.3, -0.25) is 4.68 Å². The summed E-state index contributed by atoms with van der Waals surface area (Å²) >= 11 is 0. The Morgan fingerprint density at radius 2 is 2.03 bits per heavy atom. The Kier molecular flexibility index (Phi) is 6.18. The zero-order valence-corrected chi connectivity index (χ0v) is 15.9. The predicted molar refractivity (Wildman–Crippen MR) is 103 cm³/mol. The van der Waals surface area contributed by atoms with Crippen molar-refractivity contribution < 1.29 is 23.4 Å². The third-order valence-corrected chi connectivity index (χ3v) is 4.28. The standard InChI is InChI=1S/C20H20F2N4O3/c1-3-14(27)11-26-18(12-6-7-23-17(8-12)20(28)29-2)10-19(25-26)24-13-4-5-15(21)16(22)9-13/h4-10,14,27H,3,11H2,1-2H3,(H,24,25)/t14-/m0/s1. The van der Waals surface area contributed by atoms with Crippen molar-refractivity contribution in [2.75, 3.05) is 12.4 Å². The molecule has 29 heavy (non-hydrogen) atoms. The third kappa shape index (κ3) is 4.75. The minimum atomic E-state index is -0.979. The number of carbonyl (C=O) groups excluding carboxylic acids is 1. The van der Waals surface area contributed by atoms with Crippen LogP contribution in [0.1, 0.15) is 23.8 Å². The first-order chi connectivity index (χ1) is 13.9. The fraction of sp³-hybridized carbons (Fsp3) is 0.250. The monoisotopic (exact) mass is 402 g/mol. The van der Waals surface area contributed by atoms with Crippen LogP contribution in [0.5, 0.6) is 0 Å². The smallest absolute Gasteiger partial charge is 0.356 e. The lowest BCUT2D eigenvalue weighted by atomic mass is 10.1. The molecule has 0 amide bonds. The van der Waals surface area contributed by atoms with Crippen molar-refractivity contribution in [2.24, 2.45) is 0 Å². The largest absolute Gasteiger partial charge is 0.464 e. The summed E-state index contributed by atoms with van der Waals surface area (Å²) in [6.45, 7) is 2.05. The lowest BCUT2D eigenvalue weighted by Gasteiger charge is -2.11. The van der Waals surface area contributed by atoms with Gasteiger partial charge >= 0.3 is 5.97 Å². The number of esters is 1. The highest BCUT2D eigenvalue weighted by Gasteiger charge is 2.16. The van der Waals surface area contributed by atoms with E-state index in [9.17, 15) is 18.7 Å². The van der Waals surface area contributed by atoms with Gasteiger partial charge in [0.05, 0.1) is 25.5 Å². The van der Waals surface area contributed by atoms with E-state index in [4.69, 9.17) is 4.74 Å². The molecular weight excluding hydrogens is 382 g/mol. The highest BCUT2D eigenvalue weighted by molar-refractivity contribution is 5.88. The minimum absolute atomic E-state index is 0.129. The number of rotatable bonds is 7. The molecule has 0 unspecified atom stereocenters. The molecule has 3 aromatic rings. The van der Waals surface area contributed by atoms with Crippen molar-refractivity contribution in [1.29, 1.82) is 0 Å². The molecule has 0 radical (unpaired) electrons. The minimum Gasteiger partial charge on any atom is -0.464 e. The molecule has 0 spiro atoms. The predicted octanol–water partition coefficient (Wildman–Crippen LogP) is 3.52. The normalized spacial score (nSPS) is 11.9. The highest BCUT2D eigenvalue weighted by Crippen LogP contribution is 2.26. The number of aliphatic hydroxyl groups is 1. The number of hydrogen-bond donors (Lipinski definition) is 2.